The summed E-state index contributed by atoms with van der Waals surface area (Å²) in [6, 6.07) is 25.5. The highest BCUT2D eigenvalue weighted by Crippen LogP contribution is 2.40. The summed E-state index contributed by atoms with van der Waals surface area (Å²) in [6.07, 6.45) is 4.25. The summed E-state index contributed by atoms with van der Waals surface area (Å²) in [5.74, 6) is -0.781. The Morgan fingerprint density at radius 1 is 0.889 bits per heavy atom. The van der Waals surface area contributed by atoms with Crippen molar-refractivity contribution in [3.05, 3.63) is 126 Å². The minimum atomic E-state index is -4.07. The van der Waals surface area contributed by atoms with Gasteiger partial charge in [-0.25, -0.2) is 17.2 Å². The molecule has 0 aliphatic carbocycles. The monoisotopic (exact) mass is 623 g/mol. The predicted octanol–water partition coefficient (Wildman–Crippen LogP) is 6.20. The van der Waals surface area contributed by atoms with E-state index in [4.69, 9.17) is 9.73 Å². The third-order valence-electron chi connectivity index (χ3n) is 7.51. The first kappa shape index (κ1) is 31.2. The van der Waals surface area contributed by atoms with Gasteiger partial charge in [0, 0.05) is 40.7 Å². The zero-order valence-electron chi connectivity index (χ0n) is 25.0. The van der Waals surface area contributed by atoms with E-state index in [2.05, 4.69) is 4.99 Å². The van der Waals surface area contributed by atoms with Gasteiger partial charge in [-0.15, -0.1) is 0 Å². The first-order valence-corrected chi connectivity index (χ1v) is 15.7. The van der Waals surface area contributed by atoms with Crippen molar-refractivity contribution in [1.82, 2.24) is 3.97 Å². The Kier molecular flexibility index (Phi) is 8.87. The molecule has 0 saturated heterocycles. The molecule has 0 unspecified atom stereocenters. The Morgan fingerprint density at radius 2 is 1.47 bits per heavy atom. The summed E-state index contributed by atoms with van der Waals surface area (Å²) in [5.41, 5.74) is 0.680. The Morgan fingerprint density at radius 3 is 2.09 bits per heavy atom. The lowest BCUT2D eigenvalue weighted by atomic mass is 9.87. The number of benzene rings is 4. The van der Waals surface area contributed by atoms with Crippen molar-refractivity contribution in [2.75, 3.05) is 6.61 Å². The van der Waals surface area contributed by atoms with E-state index in [-0.39, 0.29) is 23.0 Å². The van der Waals surface area contributed by atoms with Crippen molar-refractivity contribution in [3.63, 3.8) is 0 Å². The summed E-state index contributed by atoms with van der Waals surface area (Å²) < 4.78 is 34.7. The number of rotatable bonds is 10. The van der Waals surface area contributed by atoms with E-state index in [1.54, 1.807) is 98.8 Å². The highest BCUT2D eigenvalue weighted by Gasteiger charge is 2.45. The fourth-order valence-corrected chi connectivity index (χ4v) is 6.39. The number of fused-ring (bicyclic) bond motifs is 1. The number of aliphatic imine (C=N–C) groups is 2. The average molecular weight is 624 g/mol. The van der Waals surface area contributed by atoms with Crippen LogP contribution in [0.15, 0.2) is 118 Å². The molecule has 4 aromatic carbocycles. The summed E-state index contributed by atoms with van der Waals surface area (Å²) in [6.45, 7) is 5.15. The lowest BCUT2D eigenvalue weighted by molar-refractivity contribution is -0.149. The zero-order chi connectivity index (χ0) is 32.2. The molecule has 0 spiro atoms. The first-order valence-electron chi connectivity index (χ1n) is 14.3. The van der Waals surface area contributed by atoms with E-state index in [9.17, 15) is 23.4 Å². The molecule has 9 nitrogen and oxygen atoms in total. The lowest BCUT2D eigenvalue weighted by Crippen LogP contribution is -2.41. The molecule has 0 amide bonds. The molecule has 45 heavy (non-hydrogen) atoms. The first-order chi connectivity index (χ1) is 21.6. The number of aryl methyl sites for hydroxylation is 1. The number of carbonyl (C=O) groups is 1. The number of ether oxygens (including phenoxy) is 1. The molecular weight excluding hydrogens is 590 g/mol. The Labute approximate surface area is 261 Å². The van der Waals surface area contributed by atoms with Gasteiger partial charge in [0.05, 0.1) is 17.0 Å². The van der Waals surface area contributed by atoms with Crippen molar-refractivity contribution < 1.29 is 28.2 Å². The van der Waals surface area contributed by atoms with Crippen LogP contribution in [0.25, 0.3) is 10.9 Å². The van der Waals surface area contributed by atoms with E-state index in [0.717, 1.165) is 5.56 Å². The SMILES string of the molecule is CCOC(=O)[C@](C)(N=Cc1ccccc1O)[C@@H](N=Cc1ccccc1O)c1cn(S(=O)(=O)c2ccc(C)cc2)c2ccccc12. The number of phenolic OH excluding ortho intramolecular Hbond substituents is 2. The molecular formula is C35H33N3O6S. The molecule has 2 N–H and O–H groups in total. The molecule has 0 fully saturated rings. The van der Waals surface area contributed by atoms with Gasteiger partial charge in [0.25, 0.3) is 10.0 Å². The van der Waals surface area contributed by atoms with Gasteiger partial charge < -0.3 is 14.9 Å². The van der Waals surface area contributed by atoms with Crippen molar-refractivity contribution in [1.29, 1.82) is 0 Å². The van der Waals surface area contributed by atoms with Gasteiger partial charge in [-0.1, -0.05) is 60.2 Å². The van der Waals surface area contributed by atoms with Crippen molar-refractivity contribution in [3.8, 4) is 11.5 Å². The zero-order valence-corrected chi connectivity index (χ0v) is 25.8. The predicted molar refractivity (Wildman–Crippen MR) is 175 cm³/mol. The van der Waals surface area contributed by atoms with Crippen LogP contribution in [-0.4, -0.2) is 53.1 Å². The van der Waals surface area contributed by atoms with Gasteiger partial charge in [-0.2, -0.15) is 0 Å². The van der Waals surface area contributed by atoms with E-state index < -0.39 is 27.6 Å². The van der Waals surface area contributed by atoms with Crippen LogP contribution in [0.2, 0.25) is 0 Å². The van der Waals surface area contributed by atoms with Gasteiger partial charge in [0.15, 0.2) is 5.54 Å². The maximum atomic E-state index is 14.0. The minimum Gasteiger partial charge on any atom is -0.507 e. The van der Waals surface area contributed by atoms with E-state index in [1.165, 1.54) is 34.7 Å². The molecule has 5 aromatic rings. The van der Waals surface area contributed by atoms with Crippen LogP contribution in [0.1, 0.15) is 42.1 Å². The number of phenols is 2. The number of esters is 1. The van der Waals surface area contributed by atoms with Crippen LogP contribution >= 0.6 is 0 Å². The Bertz CT molecular complexity index is 2020. The van der Waals surface area contributed by atoms with Gasteiger partial charge in [0.2, 0.25) is 0 Å². The fourth-order valence-electron chi connectivity index (χ4n) is 5.01. The second-order valence-corrected chi connectivity index (χ2v) is 12.5. The normalized spacial score (nSPS) is 14.1. The second-order valence-electron chi connectivity index (χ2n) is 10.6. The quantitative estimate of drug-likeness (QED) is 0.141. The smallest absolute Gasteiger partial charge is 0.336 e. The molecule has 0 saturated carbocycles. The van der Waals surface area contributed by atoms with E-state index >= 15 is 0 Å². The molecule has 1 heterocycles. The summed E-state index contributed by atoms with van der Waals surface area (Å²) in [4.78, 5) is 23.4. The van der Waals surface area contributed by atoms with Crippen LogP contribution in [0.3, 0.4) is 0 Å². The van der Waals surface area contributed by atoms with Crippen LogP contribution in [-0.2, 0) is 19.6 Å². The van der Waals surface area contributed by atoms with Crippen LogP contribution in [0, 0.1) is 6.92 Å². The topological polar surface area (TPSA) is 131 Å². The standard InChI is InChI=1S/C35H33N3O6S/c1-4-44-34(41)35(3,37-22-26-12-6-10-16-32(26)40)33(36-21-25-11-5-9-15-31(25)39)29-23-38(30-14-8-7-13-28(29)30)45(42,43)27-19-17-24(2)18-20-27/h5-23,33,39-40H,4H2,1-3H3/t33-,35+/m0/s1. The number of para-hydroxylation sites is 3. The molecule has 0 aliphatic heterocycles. The van der Waals surface area contributed by atoms with Gasteiger partial charge in [-0.3, -0.25) is 9.98 Å². The maximum Gasteiger partial charge on any atom is 0.336 e. The summed E-state index contributed by atoms with van der Waals surface area (Å²) in [5, 5.41) is 21.4. The van der Waals surface area contributed by atoms with Crippen molar-refractivity contribution in [2.24, 2.45) is 9.98 Å². The molecule has 5 rings (SSSR count). The number of carbonyl (C=O) groups excluding carboxylic acids is 1. The van der Waals surface area contributed by atoms with E-state index in [0.29, 0.717) is 27.6 Å². The molecule has 230 valence electrons. The summed E-state index contributed by atoms with van der Waals surface area (Å²) in [7, 11) is -4.07. The summed E-state index contributed by atoms with van der Waals surface area (Å²) >= 11 is 0. The lowest BCUT2D eigenvalue weighted by Gasteiger charge is -2.29. The third-order valence-corrected chi connectivity index (χ3v) is 9.20. The van der Waals surface area contributed by atoms with Gasteiger partial charge in [-0.05, 0) is 63.2 Å². The Hall–Kier alpha value is -5.22. The van der Waals surface area contributed by atoms with Gasteiger partial charge in [0.1, 0.15) is 17.5 Å². The van der Waals surface area contributed by atoms with Crippen LogP contribution < -0.4 is 0 Å². The van der Waals surface area contributed by atoms with Crippen molar-refractivity contribution >= 4 is 39.3 Å². The molecule has 0 radical (unpaired) electrons. The molecule has 10 heteroatoms. The number of hydrogen-bond acceptors (Lipinski definition) is 8. The minimum absolute atomic E-state index is 0.0278. The fraction of sp³-hybridized carbons (Fsp3) is 0.171. The van der Waals surface area contributed by atoms with Crippen LogP contribution in [0.4, 0.5) is 0 Å². The highest BCUT2D eigenvalue weighted by atomic mass is 32.2. The van der Waals surface area contributed by atoms with Crippen LogP contribution in [0.5, 0.6) is 11.5 Å². The molecule has 2 atom stereocenters. The van der Waals surface area contributed by atoms with Gasteiger partial charge >= 0.3 is 5.97 Å². The number of aromatic hydroxyl groups is 2. The molecule has 1 aromatic heterocycles. The average Bonchev–Trinajstić information content (AvgIpc) is 3.42. The maximum absolute atomic E-state index is 14.0. The number of hydrogen-bond donors (Lipinski definition) is 2. The molecule has 0 bridgehead atoms. The highest BCUT2D eigenvalue weighted by molar-refractivity contribution is 7.90. The Balaban J connectivity index is 1.78. The van der Waals surface area contributed by atoms with E-state index in [1.807, 2.05) is 6.92 Å². The molecule has 0 aliphatic rings. The van der Waals surface area contributed by atoms with Crippen molar-refractivity contribution in [2.45, 2.75) is 37.2 Å². The number of aromatic nitrogens is 1. The second kappa shape index (κ2) is 12.8. The third kappa shape index (κ3) is 6.23. The largest absolute Gasteiger partial charge is 0.507 e. The number of nitrogens with zero attached hydrogens (tertiary/aromatic N) is 3.